The van der Waals surface area contributed by atoms with Gasteiger partial charge in [0.15, 0.2) is 0 Å². The molecule has 0 unspecified atom stereocenters. The van der Waals surface area contributed by atoms with Crippen molar-refractivity contribution in [2.75, 3.05) is 6.61 Å². The first-order chi connectivity index (χ1) is 19.2. The summed E-state index contributed by atoms with van der Waals surface area (Å²) in [6.07, 6.45) is -1.56. The number of rotatable bonds is 12. The lowest BCUT2D eigenvalue weighted by molar-refractivity contribution is -0.268. The minimum absolute atomic E-state index is 0.321. The Kier molecular flexibility index (Phi) is 11.2. The standard InChI is InChI=1S/C33H43BrO5Si/c1-32(2,3)38-24-28-29(35-21-25-15-9-6-10-16-25)30(36-22-26-17-11-7-12-18-26)31(33(34,39-28)40(4)5)37-23-27-19-13-8-14-20-27/h6-20,28-31,40H,21-24H2,1-5H3/t28-,29-,30+,31-,33-/m1/s1. The molecule has 1 fully saturated rings. The zero-order valence-electron chi connectivity index (χ0n) is 24.3. The van der Waals surface area contributed by atoms with Crippen molar-refractivity contribution in [2.24, 2.45) is 0 Å². The van der Waals surface area contributed by atoms with Gasteiger partial charge in [-0.2, -0.15) is 0 Å². The van der Waals surface area contributed by atoms with Crippen molar-refractivity contribution in [1.29, 1.82) is 0 Å². The number of hydrogen-bond acceptors (Lipinski definition) is 5. The van der Waals surface area contributed by atoms with E-state index in [1.807, 2.05) is 54.6 Å². The average Bonchev–Trinajstić information content (AvgIpc) is 2.95. The van der Waals surface area contributed by atoms with E-state index in [4.69, 9.17) is 23.7 Å². The average molecular weight is 628 g/mol. The molecule has 0 aliphatic carbocycles. The zero-order chi connectivity index (χ0) is 28.6. The van der Waals surface area contributed by atoms with Crippen LogP contribution in [0, 0.1) is 0 Å². The molecule has 7 heteroatoms. The van der Waals surface area contributed by atoms with Gasteiger partial charge in [-0.25, -0.2) is 0 Å². The van der Waals surface area contributed by atoms with Crippen molar-refractivity contribution in [1.82, 2.24) is 0 Å². The van der Waals surface area contributed by atoms with Gasteiger partial charge >= 0.3 is 0 Å². The molecule has 216 valence electrons. The van der Waals surface area contributed by atoms with Crippen LogP contribution in [-0.4, -0.2) is 49.6 Å². The summed E-state index contributed by atoms with van der Waals surface area (Å²) in [7, 11) is -1.52. The van der Waals surface area contributed by atoms with Crippen LogP contribution in [0.3, 0.4) is 0 Å². The maximum absolute atomic E-state index is 6.94. The van der Waals surface area contributed by atoms with E-state index in [2.05, 4.69) is 86.2 Å². The summed E-state index contributed by atoms with van der Waals surface area (Å²) in [4.78, 5) is 0. The SMILES string of the molecule is C[SiH](C)[C@]1(Br)O[C@H](COC(C)(C)C)[C@@H](OCc2ccccc2)[C@H](OCc2ccccc2)[C@H]1OCc1ccccc1. The second-order valence-electron chi connectivity index (χ2n) is 11.7. The van der Waals surface area contributed by atoms with Gasteiger partial charge in [0.05, 0.1) is 40.8 Å². The molecule has 0 spiro atoms. The fraction of sp³-hybridized carbons (Fsp3) is 0.455. The summed E-state index contributed by atoms with van der Waals surface area (Å²) in [6, 6.07) is 30.7. The highest BCUT2D eigenvalue weighted by molar-refractivity contribution is 9.10. The highest BCUT2D eigenvalue weighted by atomic mass is 79.9. The normalized spacial score (nSPS) is 25.3. The maximum atomic E-state index is 6.94. The molecule has 1 aliphatic heterocycles. The minimum Gasteiger partial charge on any atom is -0.373 e. The predicted molar refractivity (Wildman–Crippen MR) is 166 cm³/mol. The van der Waals surface area contributed by atoms with Gasteiger partial charge < -0.3 is 23.7 Å². The molecule has 1 aliphatic rings. The summed E-state index contributed by atoms with van der Waals surface area (Å²) in [5.74, 6) is 0. The lowest BCUT2D eigenvalue weighted by atomic mass is 9.98. The Morgan fingerprint density at radius 1 is 0.700 bits per heavy atom. The second kappa shape index (κ2) is 14.4. The van der Waals surface area contributed by atoms with E-state index in [0.717, 1.165) is 16.7 Å². The highest BCUT2D eigenvalue weighted by Crippen LogP contribution is 2.42. The van der Waals surface area contributed by atoms with Crippen LogP contribution in [0.25, 0.3) is 0 Å². The molecular weight excluding hydrogens is 584 g/mol. The first kappa shape index (κ1) is 31.1. The van der Waals surface area contributed by atoms with E-state index in [9.17, 15) is 0 Å². The van der Waals surface area contributed by atoms with E-state index in [-0.39, 0.29) is 11.7 Å². The van der Waals surface area contributed by atoms with Crippen molar-refractivity contribution < 1.29 is 23.7 Å². The molecular formula is C33H43BrO5Si. The number of alkyl halides is 1. The predicted octanol–water partition coefficient (Wildman–Crippen LogP) is 7.07. The highest BCUT2D eigenvalue weighted by Gasteiger charge is 2.57. The van der Waals surface area contributed by atoms with Gasteiger partial charge in [0.25, 0.3) is 0 Å². The second-order valence-corrected chi connectivity index (χ2v) is 16.9. The number of hydrogen-bond donors (Lipinski definition) is 0. The largest absolute Gasteiger partial charge is 0.373 e. The molecule has 5 atom stereocenters. The molecule has 0 amide bonds. The lowest BCUT2D eigenvalue weighted by Crippen LogP contribution is -2.68. The molecule has 4 rings (SSSR count). The Morgan fingerprint density at radius 2 is 1.12 bits per heavy atom. The number of ether oxygens (including phenoxy) is 5. The van der Waals surface area contributed by atoms with E-state index in [1.54, 1.807) is 0 Å². The van der Waals surface area contributed by atoms with Crippen molar-refractivity contribution in [3.63, 3.8) is 0 Å². The topological polar surface area (TPSA) is 46.2 Å². The van der Waals surface area contributed by atoms with Crippen LogP contribution < -0.4 is 0 Å². The van der Waals surface area contributed by atoms with E-state index in [1.165, 1.54) is 0 Å². The minimum atomic E-state index is -1.52. The maximum Gasteiger partial charge on any atom is 0.135 e. The van der Waals surface area contributed by atoms with Crippen LogP contribution in [0.1, 0.15) is 37.5 Å². The molecule has 3 aromatic rings. The molecule has 0 radical (unpaired) electrons. The summed E-state index contributed by atoms with van der Waals surface area (Å²) in [5.41, 5.74) is 2.97. The van der Waals surface area contributed by atoms with E-state index < -0.39 is 31.2 Å². The number of halogens is 1. The van der Waals surface area contributed by atoms with Gasteiger partial charge in [0.2, 0.25) is 0 Å². The molecule has 0 N–H and O–H groups in total. The third kappa shape index (κ3) is 8.58. The molecule has 0 bridgehead atoms. The molecule has 5 nitrogen and oxygen atoms in total. The Labute approximate surface area is 249 Å². The molecule has 0 saturated carbocycles. The summed E-state index contributed by atoms with van der Waals surface area (Å²) in [6.45, 7) is 12.4. The Balaban J connectivity index is 1.68. The monoisotopic (exact) mass is 626 g/mol. The van der Waals surface area contributed by atoms with Gasteiger partial charge in [-0.1, -0.05) is 120 Å². The van der Waals surface area contributed by atoms with Crippen molar-refractivity contribution in [3.05, 3.63) is 108 Å². The fourth-order valence-corrected chi connectivity index (χ4v) is 6.81. The van der Waals surface area contributed by atoms with Gasteiger partial charge in [-0.15, -0.1) is 0 Å². The van der Waals surface area contributed by atoms with Crippen LogP contribution in [0.5, 0.6) is 0 Å². The fourth-order valence-electron chi connectivity index (χ4n) is 4.79. The van der Waals surface area contributed by atoms with Crippen LogP contribution in [-0.2, 0) is 43.5 Å². The van der Waals surface area contributed by atoms with E-state index >= 15 is 0 Å². The molecule has 40 heavy (non-hydrogen) atoms. The number of benzene rings is 3. The molecule has 1 saturated heterocycles. The van der Waals surface area contributed by atoms with Crippen LogP contribution in [0.15, 0.2) is 91.0 Å². The summed E-state index contributed by atoms with van der Waals surface area (Å²) in [5, 5.41) is 0. The third-order valence-electron chi connectivity index (χ3n) is 7.02. The first-order valence-electron chi connectivity index (χ1n) is 14.1. The first-order valence-corrected chi connectivity index (χ1v) is 17.8. The van der Waals surface area contributed by atoms with Crippen molar-refractivity contribution in [2.45, 2.75) is 87.8 Å². The van der Waals surface area contributed by atoms with Crippen LogP contribution >= 0.6 is 15.9 Å². The molecule has 1 heterocycles. The Hall–Kier alpha value is -1.84. The lowest BCUT2D eigenvalue weighted by Gasteiger charge is -2.52. The van der Waals surface area contributed by atoms with Gasteiger partial charge in [-0.3, -0.25) is 0 Å². The Morgan fingerprint density at radius 3 is 1.55 bits per heavy atom. The third-order valence-corrected chi connectivity index (χ3v) is 12.4. The molecule has 3 aromatic carbocycles. The molecule has 0 aromatic heterocycles. The van der Waals surface area contributed by atoms with Crippen molar-refractivity contribution in [3.8, 4) is 0 Å². The Bertz CT molecular complexity index is 1140. The smallest absolute Gasteiger partial charge is 0.135 e. The van der Waals surface area contributed by atoms with Gasteiger partial charge in [-0.05, 0) is 37.5 Å². The zero-order valence-corrected chi connectivity index (χ0v) is 27.0. The van der Waals surface area contributed by atoms with Gasteiger partial charge in [0.1, 0.15) is 28.5 Å². The van der Waals surface area contributed by atoms with E-state index in [0.29, 0.717) is 26.4 Å². The van der Waals surface area contributed by atoms with Crippen molar-refractivity contribution >= 4 is 24.7 Å². The van der Waals surface area contributed by atoms with Crippen LogP contribution in [0.4, 0.5) is 0 Å². The summed E-state index contributed by atoms with van der Waals surface area (Å²) >= 11 is 4.07. The van der Waals surface area contributed by atoms with Crippen LogP contribution in [0.2, 0.25) is 13.1 Å². The summed E-state index contributed by atoms with van der Waals surface area (Å²) < 4.78 is 32.8. The van der Waals surface area contributed by atoms with Gasteiger partial charge in [0, 0.05) is 0 Å². The quantitative estimate of drug-likeness (QED) is 0.159.